The number of carbonyl (C=O) groups is 2. The normalized spacial score (nSPS) is 21.8. The highest BCUT2D eigenvalue weighted by molar-refractivity contribution is 6.09. The van der Waals surface area contributed by atoms with E-state index in [1.165, 1.54) is 0 Å². The first kappa shape index (κ1) is 24.7. The Labute approximate surface area is 207 Å². The number of aliphatic imine (C=N–C) groups is 1. The maximum atomic E-state index is 13.7. The quantitative estimate of drug-likeness (QED) is 0.492. The molecule has 0 saturated carbocycles. The predicted molar refractivity (Wildman–Crippen MR) is 135 cm³/mol. The second kappa shape index (κ2) is 10.5. The third-order valence-corrected chi connectivity index (χ3v) is 6.99. The molecule has 6 nitrogen and oxygen atoms in total. The lowest BCUT2D eigenvalue weighted by molar-refractivity contribution is -0.146. The van der Waals surface area contributed by atoms with Gasteiger partial charge in [-0.15, -0.1) is 0 Å². The second-order valence-electron chi connectivity index (χ2n) is 9.24. The molecule has 1 heterocycles. The van der Waals surface area contributed by atoms with Gasteiger partial charge in [-0.25, -0.2) is 0 Å². The van der Waals surface area contributed by atoms with E-state index >= 15 is 0 Å². The van der Waals surface area contributed by atoms with E-state index in [0.717, 1.165) is 28.8 Å². The molecule has 0 aromatic heterocycles. The van der Waals surface area contributed by atoms with Crippen LogP contribution in [0.5, 0.6) is 11.5 Å². The highest BCUT2D eigenvalue weighted by Gasteiger charge is 2.45. The van der Waals surface area contributed by atoms with E-state index in [1.54, 1.807) is 14.2 Å². The molecule has 0 fully saturated rings. The number of rotatable bonds is 7. The number of methoxy groups -OCH3 is 2. The molecule has 1 aliphatic heterocycles. The lowest BCUT2D eigenvalue weighted by Crippen LogP contribution is -2.38. The minimum atomic E-state index is -0.608. The van der Waals surface area contributed by atoms with Crippen LogP contribution in [0, 0.1) is 12.8 Å². The molecule has 2 aliphatic rings. The molecule has 2 aromatic rings. The zero-order valence-corrected chi connectivity index (χ0v) is 21.1. The van der Waals surface area contributed by atoms with Gasteiger partial charge in [-0.1, -0.05) is 37.3 Å². The number of hydrogen-bond acceptors (Lipinski definition) is 6. The van der Waals surface area contributed by atoms with Crippen LogP contribution in [0.3, 0.4) is 0 Å². The van der Waals surface area contributed by atoms with Crippen LogP contribution < -0.4 is 9.47 Å². The maximum absolute atomic E-state index is 13.7. The average Bonchev–Trinajstić information content (AvgIpc) is 2.86. The number of ether oxygens (including phenoxy) is 3. The van der Waals surface area contributed by atoms with E-state index in [2.05, 4.69) is 0 Å². The van der Waals surface area contributed by atoms with E-state index in [-0.39, 0.29) is 17.7 Å². The van der Waals surface area contributed by atoms with Crippen molar-refractivity contribution in [3.63, 3.8) is 0 Å². The summed E-state index contributed by atoms with van der Waals surface area (Å²) in [6.07, 6.45) is 1.71. The lowest BCUT2D eigenvalue weighted by atomic mass is 9.68. The molecule has 3 atom stereocenters. The van der Waals surface area contributed by atoms with E-state index < -0.39 is 11.8 Å². The molecule has 35 heavy (non-hydrogen) atoms. The number of benzene rings is 2. The van der Waals surface area contributed by atoms with Crippen molar-refractivity contribution in [2.75, 3.05) is 20.8 Å². The highest BCUT2D eigenvalue weighted by Crippen LogP contribution is 2.48. The summed E-state index contributed by atoms with van der Waals surface area (Å²) in [7, 11) is 3.21. The molecular weight excluding hydrogens is 442 g/mol. The Kier molecular flexibility index (Phi) is 7.39. The van der Waals surface area contributed by atoms with Gasteiger partial charge in [-0.05, 0) is 61.4 Å². The maximum Gasteiger partial charge on any atom is 0.315 e. The first-order valence-electron chi connectivity index (χ1n) is 12.1. The van der Waals surface area contributed by atoms with Gasteiger partial charge in [0.15, 0.2) is 17.3 Å². The van der Waals surface area contributed by atoms with Crippen LogP contribution in [-0.2, 0) is 14.3 Å². The first-order valence-corrected chi connectivity index (χ1v) is 12.1. The molecular formula is C29H33NO5. The monoisotopic (exact) mass is 475 g/mol. The Morgan fingerprint density at radius 3 is 2.46 bits per heavy atom. The summed E-state index contributed by atoms with van der Waals surface area (Å²) in [6.45, 7) is 6.21. The van der Waals surface area contributed by atoms with Gasteiger partial charge in [0.05, 0.1) is 20.8 Å². The van der Waals surface area contributed by atoms with Gasteiger partial charge in [0.25, 0.3) is 0 Å². The number of ketones is 1. The molecule has 0 bridgehead atoms. The van der Waals surface area contributed by atoms with Gasteiger partial charge >= 0.3 is 5.97 Å². The molecule has 0 amide bonds. The van der Waals surface area contributed by atoms with Crippen molar-refractivity contribution in [3.05, 3.63) is 70.4 Å². The zero-order valence-electron chi connectivity index (χ0n) is 21.1. The van der Waals surface area contributed by atoms with Crippen molar-refractivity contribution in [1.82, 2.24) is 0 Å². The SMILES string of the molecule is CCCOC(=O)C1C(C)=NC2=C(C(=O)C[C@@H](c3ccc(OC)c(OC)c3)C2)[C@@H]1c1ccccc1C. The molecule has 184 valence electrons. The number of hydrogen-bond donors (Lipinski definition) is 0. The van der Waals surface area contributed by atoms with Crippen LogP contribution in [0.4, 0.5) is 0 Å². The fraction of sp³-hybridized carbons (Fsp3) is 0.414. The topological polar surface area (TPSA) is 74.2 Å². The molecule has 0 N–H and O–H groups in total. The fourth-order valence-corrected chi connectivity index (χ4v) is 5.27. The summed E-state index contributed by atoms with van der Waals surface area (Å²) in [5.74, 6) is -0.0323. The molecule has 2 aromatic carbocycles. The van der Waals surface area contributed by atoms with Crippen LogP contribution in [0.25, 0.3) is 0 Å². The van der Waals surface area contributed by atoms with Crippen molar-refractivity contribution in [2.24, 2.45) is 10.9 Å². The summed E-state index contributed by atoms with van der Waals surface area (Å²) in [5.41, 5.74) is 5.14. The standard InChI is InChI=1S/C29H33NO5/c1-6-13-35-29(32)26-18(3)30-22-14-20(19-11-12-24(33-4)25(16-19)34-5)15-23(31)28(22)27(26)21-10-8-7-9-17(21)2/h7-12,16,20,26-27H,6,13-15H2,1-5H3/t20-,26?,27+/m0/s1. The van der Waals surface area contributed by atoms with Gasteiger partial charge in [0.2, 0.25) is 0 Å². The molecule has 0 saturated heterocycles. The minimum absolute atomic E-state index is 0.0290. The van der Waals surface area contributed by atoms with Gasteiger partial charge < -0.3 is 14.2 Å². The molecule has 1 unspecified atom stereocenters. The van der Waals surface area contributed by atoms with Gasteiger partial charge in [0.1, 0.15) is 5.92 Å². The van der Waals surface area contributed by atoms with Crippen molar-refractivity contribution in [3.8, 4) is 11.5 Å². The number of Topliss-reactive ketones (excluding diaryl/α,β-unsaturated/α-hetero) is 1. The van der Waals surface area contributed by atoms with Gasteiger partial charge in [-0.2, -0.15) is 0 Å². The van der Waals surface area contributed by atoms with Crippen molar-refractivity contribution >= 4 is 17.5 Å². The van der Waals surface area contributed by atoms with Crippen molar-refractivity contribution in [1.29, 1.82) is 0 Å². The number of allylic oxidation sites excluding steroid dienone is 2. The van der Waals surface area contributed by atoms with Crippen molar-refractivity contribution < 1.29 is 23.8 Å². The van der Waals surface area contributed by atoms with Crippen LogP contribution in [0.1, 0.15) is 61.6 Å². The molecule has 0 spiro atoms. The Bertz CT molecular complexity index is 1200. The van der Waals surface area contributed by atoms with Gasteiger partial charge in [0, 0.05) is 29.3 Å². The van der Waals surface area contributed by atoms with E-state index in [4.69, 9.17) is 19.2 Å². The summed E-state index contributed by atoms with van der Waals surface area (Å²) in [5, 5.41) is 0. The summed E-state index contributed by atoms with van der Waals surface area (Å²) < 4.78 is 16.4. The van der Waals surface area contributed by atoms with E-state index in [1.807, 2.05) is 63.2 Å². The summed E-state index contributed by atoms with van der Waals surface area (Å²) in [6, 6.07) is 13.7. The molecule has 6 heteroatoms. The van der Waals surface area contributed by atoms with Crippen LogP contribution >= 0.6 is 0 Å². The molecule has 0 radical (unpaired) electrons. The number of aryl methyl sites for hydroxylation is 1. The first-order chi connectivity index (χ1) is 16.9. The summed E-state index contributed by atoms with van der Waals surface area (Å²) >= 11 is 0. The lowest BCUT2D eigenvalue weighted by Gasteiger charge is -2.37. The zero-order chi connectivity index (χ0) is 25.1. The van der Waals surface area contributed by atoms with E-state index in [9.17, 15) is 9.59 Å². The third kappa shape index (κ3) is 4.75. The fourth-order valence-electron chi connectivity index (χ4n) is 5.27. The molecule has 1 aliphatic carbocycles. The average molecular weight is 476 g/mol. The number of carbonyl (C=O) groups excluding carboxylic acids is 2. The Morgan fingerprint density at radius 1 is 1.03 bits per heavy atom. The smallest absolute Gasteiger partial charge is 0.315 e. The Balaban J connectivity index is 1.77. The van der Waals surface area contributed by atoms with Crippen LogP contribution in [0.15, 0.2) is 58.7 Å². The van der Waals surface area contributed by atoms with Gasteiger partial charge in [-0.3, -0.25) is 14.6 Å². The van der Waals surface area contributed by atoms with Crippen molar-refractivity contribution in [2.45, 2.75) is 51.9 Å². The minimum Gasteiger partial charge on any atom is -0.493 e. The Morgan fingerprint density at radius 2 is 1.77 bits per heavy atom. The van der Waals surface area contributed by atoms with Crippen LogP contribution in [-0.4, -0.2) is 38.3 Å². The molecule has 4 rings (SSSR count). The predicted octanol–water partition coefficient (Wildman–Crippen LogP) is 5.54. The van der Waals surface area contributed by atoms with Crippen LogP contribution in [0.2, 0.25) is 0 Å². The number of esters is 1. The highest BCUT2D eigenvalue weighted by atomic mass is 16.5. The summed E-state index contributed by atoms with van der Waals surface area (Å²) in [4.78, 5) is 31.8. The second-order valence-corrected chi connectivity index (χ2v) is 9.24. The largest absolute Gasteiger partial charge is 0.493 e. The Hall–Kier alpha value is -3.41. The van der Waals surface area contributed by atoms with E-state index in [0.29, 0.717) is 42.2 Å². The number of nitrogens with zero attached hydrogens (tertiary/aromatic N) is 1. The third-order valence-electron chi connectivity index (χ3n) is 6.99.